The number of aromatic nitrogens is 1. The Labute approximate surface area is 90.7 Å². The minimum absolute atomic E-state index is 0.146. The van der Waals surface area contributed by atoms with Crippen LogP contribution < -0.4 is 0 Å². The lowest BCUT2D eigenvalue weighted by Crippen LogP contribution is -1.85. The summed E-state index contributed by atoms with van der Waals surface area (Å²) in [5, 5.41) is 0.748. The first-order valence-electron chi connectivity index (χ1n) is 4.56. The van der Waals surface area contributed by atoms with Crippen LogP contribution in [0.5, 0.6) is 0 Å². The molecule has 2 aromatic rings. The molecule has 0 bridgehead atoms. The molecule has 0 unspecified atom stereocenters. The highest BCUT2D eigenvalue weighted by molar-refractivity contribution is 9.10. The molecule has 74 valence electrons. The van der Waals surface area contributed by atoms with Crippen LogP contribution in [-0.4, -0.2) is 4.57 Å². The summed E-state index contributed by atoms with van der Waals surface area (Å²) in [6, 6.07) is 3.46. The van der Waals surface area contributed by atoms with E-state index in [2.05, 4.69) is 15.9 Å². The van der Waals surface area contributed by atoms with Crippen molar-refractivity contribution in [3.63, 3.8) is 0 Å². The maximum absolute atomic E-state index is 13.7. The zero-order valence-electron chi connectivity index (χ0n) is 8.14. The standard InChI is InChI=1S/C11H11BrFN/c1-3-7-6-14(2)10-5-8(12)4-9(13)11(7)10/h4-6H,3H2,1-2H3. The molecule has 0 fully saturated rings. The topological polar surface area (TPSA) is 4.93 Å². The van der Waals surface area contributed by atoms with Gasteiger partial charge in [0.15, 0.2) is 0 Å². The molecule has 0 amide bonds. The molecule has 0 aliphatic heterocycles. The molecule has 1 nitrogen and oxygen atoms in total. The lowest BCUT2D eigenvalue weighted by Gasteiger charge is -1.99. The molecule has 0 saturated carbocycles. The Kier molecular flexibility index (Phi) is 2.35. The Morgan fingerprint density at radius 1 is 1.43 bits per heavy atom. The summed E-state index contributed by atoms with van der Waals surface area (Å²) < 4.78 is 16.4. The van der Waals surface area contributed by atoms with Gasteiger partial charge in [-0.2, -0.15) is 0 Å². The Balaban J connectivity index is 2.89. The third-order valence-corrected chi connectivity index (χ3v) is 2.92. The summed E-state index contributed by atoms with van der Waals surface area (Å²) in [4.78, 5) is 0. The van der Waals surface area contributed by atoms with E-state index in [1.807, 2.05) is 30.8 Å². The third kappa shape index (κ3) is 1.36. The van der Waals surface area contributed by atoms with E-state index < -0.39 is 0 Å². The summed E-state index contributed by atoms with van der Waals surface area (Å²) in [6.07, 6.45) is 2.84. The second kappa shape index (κ2) is 3.39. The van der Waals surface area contributed by atoms with Crippen molar-refractivity contribution in [2.45, 2.75) is 13.3 Å². The highest BCUT2D eigenvalue weighted by Gasteiger charge is 2.10. The van der Waals surface area contributed by atoms with Crippen LogP contribution in [0.4, 0.5) is 4.39 Å². The molecule has 2 rings (SSSR count). The number of fused-ring (bicyclic) bond motifs is 1. The molecule has 1 heterocycles. The van der Waals surface area contributed by atoms with E-state index in [1.54, 1.807) is 0 Å². The number of hydrogen-bond acceptors (Lipinski definition) is 0. The molecule has 0 spiro atoms. The summed E-state index contributed by atoms with van der Waals surface area (Å²) in [7, 11) is 1.94. The van der Waals surface area contributed by atoms with Gasteiger partial charge in [-0.3, -0.25) is 0 Å². The van der Waals surface area contributed by atoms with E-state index in [0.29, 0.717) is 0 Å². The van der Waals surface area contributed by atoms with Crippen LogP contribution in [0.25, 0.3) is 10.9 Å². The Bertz CT molecular complexity index is 487. The van der Waals surface area contributed by atoms with Crippen molar-refractivity contribution in [1.82, 2.24) is 4.57 Å². The summed E-state index contributed by atoms with van der Waals surface area (Å²) in [5.41, 5.74) is 2.00. The van der Waals surface area contributed by atoms with Crippen LogP contribution in [0.3, 0.4) is 0 Å². The van der Waals surface area contributed by atoms with Gasteiger partial charge >= 0.3 is 0 Å². The minimum atomic E-state index is -0.146. The van der Waals surface area contributed by atoms with Crippen molar-refractivity contribution in [2.24, 2.45) is 7.05 Å². The zero-order chi connectivity index (χ0) is 10.3. The van der Waals surface area contributed by atoms with E-state index >= 15 is 0 Å². The molecule has 0 radical (unpaired) electrons. The molecular formula is C11H11BrFN. The van der Waals surface area contributed by atoms with E-state index in [4.69, 9.17) is 0 Å². The quantitative estimate of drug-likeness (QED) is 0.734. The van der Waals surface area contributed by atoms with Crippen LogP contribution >= 0.6 is 15.9 Å². The summed E-state index contributed by atoms with van der Waals surface area (Å²) >= 11 is 3.30. The van der Waals surface area contributed by atoms with Gasteiger partial charge in [0.2, 0.25) is 0 Å². The number of benzene rings is 1. The smallest absolute Gasteiger partial charge is 0.133 e. The first kappa shape index (κ1) is 9.71. The monoisotopic (exact) mass is 255 g/mol. The second-order valence-electron chi connectivity index (χ2n) is 3.40. The van der Waals surface area contributed by atoms with Gasteiger partial charge in [-0.15, -0.1) is 0 Å². The predicted octanol–water partition coefficient (Wildman–Crippen LogP) is 3.64. The fraction of sp³-hybridized carbons (Fsp3) is 0.273. The fourth-order valence-corrected chi connectivity index (χ4v) is 2.21. The molecule has 14 heavy (non-hydrogen) atoms. The summed E-state index contributed by atoms with van der Waals surface area (Å²) in [6.45, 7) is 2.04. The first-order chi connectivity index (χ1) is 6.63. The highest BCUT2D eigenvalue weighted by atomic mass is 79.9. The lowest BCUT2D eigenvalue weighted by atomic mass is 10.1. The van der Waals surface area contributed by atoms with Crippen LogP contribution in [0.15, 0.2) is 22.8 Å². The maximum atomic E-state index is 13.7. The third-order valence-electron chi connectivity index (χ3n) is 2.47. The van der Waals surface area contributed by atoms with Crippen molar-refractivity contribution in [3.8, 4) is 0 Å². The van der Waals surface area contributed by atoms with Crippen LogP contribution in [0.1, 0.15) is 12.5 Å². The number of halogens is 2. The first-order valence-corrected chi connectivity index (χ1v) is 5.35. The highest BCUT2D eigenvalue weighted by Crippen LogP contribution is 2.27. The number of nitrogens with zero attached hydrogens (tertiary/aromatic N) is 1. The molecule has 1 aromatic heterocycles. The maximum Gasteiger partial charge on any atom is 0.133 e. The van der Waals surface area contributed by atoms with Gasteiger partial charge in [0.05, 0.1) is 5.52 Å². The minimum Gasteiger partial charge on any atom is -0.350 e. The van der Waals surface area contributed by atoms with E-state index in [9.17, 15) is 4.39 Å². The van der Waals surface area contributed by atoms with Gasteiger partial charge in [-0.25, -0.2) is 4.39 Å². The molecular weight excluding hydrogens is 245 g/mol. The van der Waals surface area contributed by atoms with Crippen LogP contribution in [-0.2, 0) is 13.5 Å². The molecule has 0 atom stereocenters. The van der Waals surface area contributed by atoms with Crippen molar-refractivity contribution in [3.05, 3.63) is 34.2 Å². The largest absolute Gasteiger partial charge is 0.350 e. The number of hydrogen-bond donors (Lipinski definition) is 0. The van der Waals surface area contributed by atoms with E-state index in [1.165, 1.54) is 6.07 Å². The van der Waals surface area contributed by atoms with Crippen LogP contribution in [0, 0.1) is 5.82 Å². The molecule has 0 saturated heterocycles. The molecule has 0 aliphatic carbocycles. The van der Waals surface area contributed by atoms with Gasteiger partial charge in [-0.1, -0.05) is 22.9 Å². The second-order valence-corrected chi connectivity index (χ2v) is 4.32. The fourth-order valence-electron chi connectivity index (χ4n) is 1.79. The lowest BCUT2D eigenvalue weighted by molar-refractivity contribution is 0.638. The Morgan fingerprint density at radius 2 is 2.14 bits per heavy atom. The predicted molar refractivity (Wildman–Crippen MR) is 60.0 cm³/mol. The van der Waals surface area contributed by atoms with Gasteiger partial charge in [0, 0.05) is 23.1 Å². The Morgan fingerprint density at radius 3 is 2.79 bits per heavy atom. The normalized spacial score (nSPS) is 11.1. The van der Waals surface area contributed by atoms with Crippen LogP contribution in [0.2, 0.25) is 0 Å². The average Bonchev–Trinajstić information content (AvgIpc) is 2.43. The number of aryl methyl sites for hydroxylation is 2. The van der Waals surface area contributed by atoms with Gasteiger partial charge in [0.25, 0.3) is 0 Å². The van der Waals surface area contributed by atoms with Gasteiger partial charge in [0.1, 0.15) is 5.82 Å². The number of rotatable bonds is 1. The molecule has 0 aliphatic rings. The van der Waals surface area contributed by atoms with Crippen molar-refractivity contribution in [1.29, 1.82) is 0 Å². The van der Waals surface area contributed by atoms with Gasteiger partial charge in [-0.05, 0) is 24.1 Å². The van der Waals surface area contributed by atoms with E-state index in [-0.39, 0.29) is 5.82 Å². The van der Waals surface area contributed by atoms with Gasteiger partial charge < -0.3 is 4.57 Å². The summed E-state index contributed by atoms with van der Waals surface area (Å²) in [5.74, 6) is -0.146. The Hall–Kier alpha value is -0.830. The van der Waals surface area contributed by atoms with Crippen molar-refractivity contribution < 1.29 is 4.39 Å². The molecule has 3 heteroatoms. The SMILES string of the molecule is CCc1cn(C)c2cc(Br)cc(F)c12. The average molecular weight is 256 g/mol. The van der Waals surface area contributed by atoms with E-state index in [0.717, 1.165) is 27.4 Å². The molecule has 0 N–H and O–H groups in total. The van der Waals surface area contributed by atoms with Crippen molar-refractivity contribution in [2.75, 3.05) is 0 Å². The molecule has 1 aromatic carbocycles. The van der Waals surface area contributed by atoms with Crippen molar-refractivity contribution >= 4 is 26.8 Å². The zero-order valence-corrected chi connectivity index (χ0v) is 9.73.